The van der Waals surface area contributed by atoms with E-state index < -0.39 is 72.1 Å². The van der Waals surface area contributed by atoms with Crippen LogP contribution in [-0.2, 0) is 43.0 Å². The molecule has 0 spiro atoms. The van der Waals surface area contributed by atoms with E-state index in [-0.39, 0.29) is 19.3 Å². The number of ether oxygens (including phenoxy) is 3. The summed E-state index contributed by atoms with van der Waals surface area (Å²) in [5.74, 6) is -4.58. The topological polar surface area (TPSA) is 166 Å². The van der Waals surface area contributed by atoms with Crippen LogP contribution >= 0.6 is 0 Å². The molecule has 1 aliphatic rings. The average Bonchev–Trinajstić information content (AvgIpc) is 2.94. The van der Waals surface area contributed by atoms with E-state index in [1.54, 1.807) is 0 Å². The number of carbonyl (C=O) groups is 6. The SMILES string of the molecule is CCCCC[C@@H]1OC(=O)[C@@H](C)NC(=O)[C@H](CCCCC)OC(=O)[C@@H](C)NC(=O)[C@H](CCCCC)OC(=O)[C@@H](C)NC1=O. The van der Waals surface area contributed by atoms with Gasteiger partial charge in [0.1, 0.15) is 18.1 Å². The Morgan fingerprint density at radius 2 is 0.690 bits per heavy atom. The molecule has 6 atom stereocenters. The molecule has 0 bridgehead atoms. The Bertz CT molecular complexity index is 796. The first-order chi connectivity index (χ1) is 19.9. The van der Waals surface area contributed by atoms with Crippen molar-refractivity contribution in [2.24, 2.45) is 0 Å². The summed E-state index contributed by atoms with van der Waals surface area (Å²) in [6.45, 7) is 10.2. The van der Waals surface area contributed by atoms with Crippen LogP contribution in [0.2, 0.25) is 0 Å². The van der Waals surface area contributed by atoms with E-state index in [1.807, 2.05) is 20.8 Å². The second-order valence-corrected chi connectivity index (χ2v) is 11.0. The van der Waals surface area contributed by atoms with Crippen LogP contribution in [-0.4, -0.2) is 72.1 Å². The van der Waals surface area contributed by atoms with E-state index in [4.69, 9.17) is 14.2 Å². The van der Waals surface area contributed by atoms with Gasteiger partial charge in [-0.05, 0) is 59.3 Å². The fourth-order valence-corrected chi connectivity index (χ4v) is 4.29. The summed E-state index contributed by atoms with van der Waals surface area (Å²) in [6.07, 6.45) is 3.79. The summed E-state index contributed by atoms with van der Waals surface area (Å²) in [7, 11) is 0. The van der Waals surface area contributed by atoms with Gasteiger partial charge in [-0.3, -0.25) is 14.4 Å². The zero-order valence-electron chi connectivity index (χ0n) is 26.1. The summed E-state index contributed by atoms with van der Waals surface area (Å²) in [4.78, 5) is 78.0. The van der Waals surface area contributed by atoms with Gasteiger partial charge in [-0.2, -0.15) is 0 Å². The fraction of sp³-hybridized carbons (Fsp3) is 0.800. The molecule has 1 aliphatic heterocycles. The summed E-state index contributed by atoms with van der Waals surface area (Å²) in [5.41, 5.74) is 0. The molecular weight excluding hydrogens is 546 g/mol. The van der Waals surface area contributed by atoms with Gasteiger partial charge < -0.3 is 30.2 Å². The molecule has 1 fully saturated rings. The standard InChI is InChI=1S/C30H51N3O9/c1-7-10-13-16-22-25(34)31-20(5)29(38)41-24(18-15-12-9-3)27(36)33-21(6)30(39)42-23(17-14-11-8-2)26(35)32-19(4)28(37)40-22/h19-24H,7-18H2,1-6H3,(H,31,34)(H,32,35)(H,33,36)/t19-,20-,21-,22+,23+,24+/m1/s1. The molecular formula is C30H51N3O9. The number of cyclic esters (lactones) is 3. The number of unbranched alkanes of at least 4 members (excludes halogenated alkanes) is 6. The maximum Gasteiger partial charge on any atom is 0.329 e. The molecule has 1 saturated heterocycles. The third kappa shape index (κ3) is 13.2. The highest BCUT2D eigenvalue weighted by molar-refractivity contribution is 5.93. The molecule has 0 aromatic rings. The van der Waals surface area contributed by atoms with Crippen molar-refractivity contribution in [2.75, 3.05) is 0 Å². The first-order valence-electron chi connectivity index (χ1n) is 15.5. The Morgan fingerprint density at radius 1 is 0.452 bits per heavy atom. The number of hydrogen-bond donors (Lipinski definition) is 3. The van der Waals surface area contributed by atoms with Gasteiger partial charge in [0.05, 0.1) is 0 Å². The molecule has 0 saturated carbocycles. The average molecular weight is 598 g/mol. The Hall–Kier alpha value is -3.18. The van der Waals surface area contributed by atoms with Crippen LogP contribution < -0.4 is 16.0 Å². The summed E-state index contributed by atoms with van der Waals surface area (Å²) in [5, 5.41) is 7.58. The van der Waals surface area contributed by atoms with Crippen molar-refractivity contribution in [3.05, 3.63) is 0 Å². The van der Waals surface area contributed by atoms with Crippen molar-refractivity contribution in [3.8, 4) is 0 Å². The molecule has 12 heteroatoms. The van der Waals surface area contributed by atoms with Crippen LogP contribution in [0.4, 0.5) is 0 Å². The van der Waals surface area contributed by atoms with Crippen molar-refractivity contribution in [1.29, 1.82) is 0 Å². The van der Waals surface area contributed by atoms with Crippen molar-refractivity contribution in [2.45, 2.75) is 155 Å². The summed E-state index contributed by atoms with van der Waals surface area (Å²) < 4.78 is 16.5. The summed E-state index contributed by atoms with van der Waals surface area (Å²) >= 11 is 0. The predicted molar refractivity (Wildman–Crippen MR) is 155 cm³/mol. The smallest absolute Gasteiger partial charge is 0.329 e. The minimum absolute atomic E-state index is 0.213. The zero-order chi connectivity index (χ0) is 31.7. The quantitative estimate of drug-likeness (QED) is 0.174. The molecule has 0 aliphatic carbocycles. The van der Waals surface area contributed by atoms with Gasteiger partial charge in [0.15, 0.2) is 18.3 Å². The molecule has 0 radical (unpaired) electrons. The maximum absolute atomic E-state index is 13.1. The number of esters is 3. The molecule has 42 heavy (non-hydrogen) atoms. The Morgan fingerprint density at radius 3 is 0.905 bits per heavy atom. The van der Waals surface area contributed by atoms with E-state index in [2.05, 4.69) is 16.0 Å². The van der Waals surface area contributed by atoms with Gasteiger partial charge in [0, 0.05) is 0 Å². The van der Waals surface area contributed by atoms with Crippen LogP contribution in [0.1, 0.15) is 119 Å². The lowest BCUT2D eigenvalue weighted by Gasteiger charge is -2.26. The Labute approximate surface area is 249 Å². The highest BCUT2D eigenvalue weighted by atomic mass is 16.6. The molecule has 0 unspecified atom stereocenters. The second kappa shape index (κ2) is 19.9. The van der Waals surface area contributed by atoms with Gasteiger partial charge in [0.2, 0.25) is 0 Å². The molecule has 12 nitrogen and oxygen atoms in total. The maximum atomic E-state index is 13.1. The molecule has 3 amide bonds. The van der Waals surface area contributed by atoms with Crippen LogP contribution in [0.25, 0.3) is 0 Å². The fourth-order valence-electron chi connectivity index (χ4n) is 4.29. The third-order valence-electron chi connectivity index (χ3n) is 7.00. The monoisotopic (exact) mass is 597 g/mol. The molecule has 0 aromatic carbocycles. The molecule has 3 N–H and O–H groups in total. The zero-order valence-corrected chi connectivity index (χ0v) is 26.1. The van der Waals surface area contributed by atoms with Crippen molar-refractivity contribution >= 4 is 35.6 Å². The van der Waals surface area contributed by atoms with E-state index in [9.17, 15) is 28.8 Å². The second-order valence-electron chi connectivity index (χ2n) is 11.0. The van der Waals surface area contributed by atoms with Crippen molar-refractivity contribution in [3.63, 3.8) is 0 Å². The Balaban J connectivity index is 3.33. The van der Waals surface area contributed by atoms with E-state index in [0.29, 0.717) is 19.3 Å². The molecule has 240 valence electrons. The number of carbonyl (C=O) groups excluding carboxylic acids is 6. The minimum Gasteiger partial charge on any atom is -0.451 e. The third-order valence-corrected chi connectivity index (χ3v) is 7.00. The lowest BCUT2D eigenvalue weighted by atomic mass is 10.1. The minimum atomic E-state index is -1.21. The lowest BCUT2D eigenvalue weighted by Crippen LogP contribution is -2.52. The van der Waals surface area contributed by atoms with Gasteiger partial charge in [-0.15, -0.1) is 0 Å². The van der Waals surface area contributed by atoms with E-state index in [0.717, 1.165) is 38.5 Å². The molecule has 1 rings (SSSR count). The first-order valence-corrected chi connectivity index (χ1v) is 15.5. The van der Waals surface area contributed by atoms with Crippen molar-refractivity contribution < 1.29 is 43.0 Å². The normalized spacial score (nSPS) is 27.0. The van der Waals surface area contributed by atoms with Crippen molar-refractivity contribution in [1.82, 2.24) is 16.0 Å². The largest absolute Gasteiger partial charge is 0.451 e. The van der Waals surface area contributed by atoms with Gasteiger partial charge in [-0.25, -0.2) is 14.4 Å². The van der Waals surface area contributed by atoms with E-state index in [1.165, 1.54) is 20.8 Å². The number of hydrogen-bond acceptors (Lipinski definition) is 9. The van der Waals surface area contributed by atoms with Crippen LogP contribution in [0.5, 0.6) is 0 Å². The van der Waals surface area contributed by atoms with Crippen LogP contribution in [0, 0.1) is 0 Å². The number of nitrogens with one attached hydrogen (secondary N) is 3. The number of amides is 3. The van der Waals surface area contributed by atoms with Gasteiger partial charge in [0.25, 0.3) is 17.7 Å². The predicted octanol–water partition coefficient (Wildman–Crippen LogP) is 2.99. The molecule has 0 aromatic heterocycles. The lowest BCUT2D eigenvalue weighted by molar-refractivity contribution is -0.165. The van der Waals surface area contributed by atoms with Gasteiger partial charge >= 0.3 is 17.9 Å². The van der Waals surface area contributed by atoms with Gasteiger partial charge in [-0.1, -0.05) is 59.3 Å². The van der Waals surface area contributed by atoms with E-state index >= 15 is 0 Å². The highest BCUT2D eigenvalue weighted by Gasteiger charge is 2.34. The molecule has 1 heterocycles. The number of rotatable bonds is 12. The first kappa shape index (κ1) is 36.8. The highest BCUT2D eigenvalue weighted by Crippen LogP contribution is 2.14. The van der Waals surface area contributed by atoms with Crippen LogP contribution in [0.3, 0.4) is 0 Å². The van der Waals surface area contributed by atoms with Crippen LogP contribution in [0.15, 0.2) is 0 Å². The summed E-state index contributed by atoms with van der Waals surface area (Å²) in [6, 6.07) is -3.43. The Kier molecular flexibility index (Phi) is 17.4.